The molecule has 4 atom stereocenters. The first-order valence-corrected chi connectivity index (χ1v) is 9.05. The molecule has 0 amide bonds. The highest BCUT2D eigenvalue weighted by Crippen LogP contribution is 2.56. The molecule has 2 saturated carbocycles. The minimum Gasteiger partial charge on any atom is -0.497 e. The summed E-state index contributed by atoms with van der Waals surface area (Å²) in [5.74, 6) is 3.29. The molecule has 126 valence electrons. The lowest BCUT2D eigenvalue weighted by atomic mass is 9.60. The fraction of sp³-hybridized carbons (Fsp3) is 0.476. The predicted octanol–water partition coefficient (Wildman–Crippen LogP) is 4.07. The molecule has 4 rings (SSSR count). The van der Waals surface area contributed by atoms with E-state index in [9.17, 15) is 0 Å². The molecule has 1 heterocycles. The van der Waals surface area contributed by atoms with Gasteiger partial charge in [0.1, 0.15) is 5.75 Å². The van der Waals surface area contributed by atoms with E-state index in [-0.39, 0.29) is 0 Å². The van der Waals surface area contributed by atoms with Crippen LogP contribution in [0.2, 0.25) is 0 Å². The standard InChI is InChI=1S/C21H26N2O/c1-14-12-22-11-10-16(14)13-23-21-19-5-3-4-18(19)20(21)15-6-8-17(24-2)9-7-15/h6-12,18-21,23H,3-5,13H2,1-2H3/t18-,19-,20-,21-/m1/s1. The number of nitrogens with one attached hydrogen (secondary N) is 1. The van der Waals surface area contributed by atoms with Crippen molar-refractivity contribution in [2.45, 2.75) is 44.7 Å². The first kappa shape index (κ1) is 15.6. The Hall–Kier alpha value is -1.87. The molecular weight excluding hydrogens is 296 g/mol. The summed E-state index contributed by atoms with van der Waals surface area (Å²) in [4.78, 5) is 4.20. The van der Waals surface area contributed by atoms with E-state index >= 15 is 0 Å². The molecule has 24 heavy (non-hydrogen) atoms. The van der Waals surface area contributed by atoms with Crippen molar-refractivity contribution in [2.75, 3.05) is 7.11 Å². The van der Waals surface area contributed by atoms with Gasteiger partial charge in [-0.15, -0.1) is 0 Å². The lowest BCUT2D eigenvalue weighted by molar-refractivity contribution is 0.0940. The molecule has 0 radical (unpaired) electrons. The molecule has 2 fully saturated rings. The third-order valence-corrected chi connectivity index (χ3v) is 6.10. The molecule has 2 aromatic rings. The predicted molar refractivity (Wildman–Crippen MR) is 96.2 cm³/mol. The van der Waals surface area contributed by atoms with Gasteiger partial charge in [0.25, 0.3) is 0 Å². The zero-order chi connectivity index (χ0) is 16.5. The fourth-order valence-corrected chi connectivity index (χ4v) is 4.78. The maximum Gasteiger partial charge on any atom is 0.118 e. The summed E-state index contributed by atoms with van der Waals surface area (Å²) in [6.07, 6.45) is 7.99. The van der Waals surface area contributed by atoms with E-state index in [1.165, 1.54) is 36.0 Å². The van der Waals surface area contributed by atoms with Crippen LogP contribution in [0, 0.1) is 18.8 Å². The Morgan fingerprint density at radius 1 is 1.12 bits per heavy atom. The Balaban J connectivity index is 1.50. The number of aryl methyl sites for hydroxylation is 1. The quantitative estimate of drug-likeness (QED) is 0.901. The number of ether oxygens (including phenoxy) is 1. The highest BCUT2D eigenvalue weighted by Gasteiger charge is 2.52. The second kappa shape index (κ2) is 6.56. The molecule has 3 heteroatoms. The lowest BCUT2D eigenvalue weighted by Gasteiger charge is -2.50. The van der Waals surface area contributed by atoms with E-state index in [2.05, 4.69) is 47.6 Å². The second-order valence-electron chi connectivity index (χ2n) is 7.27. The van der Waals surface area contributed by atoms with Gasteiger partial charge in [0.05, 0.1) is 7.11 Å². The SMILES string of the molecule is COc1ccc([C@@H]2[C@@H]3CCC[C@H]3[C@H]2NCc2ccncc2C)cc1. The molecule has 1 N–H and O–H groups in total. The number of hydrogen-bond donors (Lipinski definition) is 1. The molecule has 0 spiro atoms. The number of hydrogen-bond acceptors (Lipinski definition) is 3. The van der Waals surface area contributed by atoms with Gasteiger partial charge in [-0.2, -0.15) is 0 Å². The number of rotatable bonds is 5. The van der Waals surface area contributed by atoms with Crippen LogP contribution in [0.4, 0.5) is 0 Å². The number of benzene rings is 1. The van der Waals surface area contributed by atoms with Gasteiger partial charge >= 0.3 is 0 Å². The Kier molecular flexibility index (Phi) is 4.28. The Morgan fingerprint density at radius 3 is 2.67 bits per heavy atom. The van der Waals surface area contributed by atoms with Crippen molar-refractivity contribution >= 4 is 0 Å². The minimum absolute atomic E-state index is 0.596. The normalized spacial score (nSPS) is 28.2. The van der Waals surface area contributed by atoms with E-state index in [1.807, 2.05) is 12.4 Å². The Labute approximate surface area is 144 Å². The van der Waals surface area contributed by atoms with Gasteiger partial charge in [-0.1, -0.05) is 18.6 Å². The van der Waals surface area contributed by atoms with E-state index in [4.69, 9.17) is 4.74 Å². The summed E-state index contributed by atoms with van der Waals surface area (Å²) in [6, 6.07) is 11.4. The molecule has 0 unspecified atom stereocenters. The zero-order valence-electron chi connectivity index (χ0n) is 14.5. The Bertz CT molecular complexity index is 697. The summed E-state index contributed by atoms with van der Waals surface area (Å²) in [5.41, 5.74) is 4.09. The van der Waals surface area contributed by atoms with Crippen LogP contribution in [0.15, 0.2) is 42.7 Å². The average Bonchev–Trinajstić information content (AvgIpc) is 3.01. The van der Waals surface area contributed by atoms with E-state index in [0.717, 1.165) is 24.1 Å². The van der Waals surface area contributed by atoms with Crippen LogP contribution in [0.3, 0.4) is 0 Å². The minimum atomic E-state index is 0.596. The smallest absolute Gasteiger partial charge is 0.118 e. The van der Waals surface area contributed by atoms with Crippen molar-refractivity contribution < 1.29 is 4.74 Å². The monoisotopic (exact) mass is 322 g/mol. The third-order valence-electron chi connectivity index (χ3n) is 6.10. The Morgan fingerprint density at radius 2 is 1.92 bits per heavy atom. The number of methoxy groups -OCH3 is 1. The van der Waals surface area contributed by atoms with Crippen LogP contribution < -0.4 is 10.1 Å². The van der Waals surface area contributed by atoms with Crippen molar-refractivity contribution in [1.82, 2.24) is 10.3 Å². The fourth-order valence-electron chi connectivity index (χ4n) is 4.78. The molecular formula is C21H26N2O. The zero-order valence-corrected chi connectivity index (χ0v) is 14.5. The van der Waals surface area contributed by atoms with Crippen LogP contribution in [0.5, 0.6) is 5.75 Å². The van der Waals surface area contributed by atoms with E-state index < -0.39 is 0 Å². The molecule has 0 saturated heterocycles. The maximum absolute atomic E-state index is 5.31. The molecule has 3 nitrogen and oxygen atoms in total. The molecule has 0 aliphatic heterocycles. The first-order valence-electron chi connectivity index (χ1n) is 9.05. The number of nitrogens with zero attached hydrogens (tertiary/aromatic N) is 1. The van der Waals surface area contributed by atoms with Gasteiger partial charge in [-0.05, 0) is 66.5 Å². The summed E-state index contributed by atoms with van der Waals surface area (Å²) < 4.78 is 5.31. The summed E-state index contributed by atoms with van der Waals surface area (Å²) in [7, 11) is 1.73. The third kappa shape index (κ3) is 2.71. The van der Waals surface area contributed by atoms with E-state index in [0.29, 0.717) is 12.0 Å². The van der Waals surface area contributed by atoms with Crippen LogP contribution in [0.25, 0.3) is 0 Å². The summed E-state index contributed by atoms with van der Waals surface area (Å²) >= 11 is 0. The molecule has 1 aromatic carbocycles. The summed E-state index contributed by atoms with van der Waals surface area (Å²) in [5, 5.41) is 3.87. The molecule has 2 aliphatic rings. The van der Waals surface area contributed by atoms with Crippen LogP contribution in [0.1, 0.15) is 41.9 Å². The maximum atomic E-state index is 5.31. The number of pyridine rings is 1. The van der Waals surface area contributed by atoms with Gasteiger partial charge in [0, 0.05) is 30.9 Å². The van der Waals surface area contributed by atoms with Gasteiger partial charge in [-0.25, -0.2) is 0 Å². The number of fused-ring (bicyclic) bond motifs is 1. The van der Waals surface area contributed by atoms with Crippen molar-refractivity contribution in [3.05, 3.63) is 59.4 Å². The topological polar surface area (TPSA) is 34.1 Å². The van der Waals surface area contributed by atoms with Crippen LogP contribution in [-0.4, -0.2) is 18.1 Å². The first-order chi connectivity index (χ1) is 11.8. The molecule has 1 aromatic heterocycles. The largest absolute Gasteiger partial charge is 0.497 e. The van der Waals surface area contributed by atoms with Gasteiger partial charge in [0.15, 0.2) is 0 Å². The lowest BCUT2D eigenvalue weighted by Crippen LogP contribution is -2.54. The van der Waals surface area contributed by atoms with Crippen molar-refractivity contribution in [1.29, 1.82) is 0 Å². The highest BCUT2D eigenvalue weighted by molar-refractivity contribution is 5.34. The van der Waals surface area contributed by atoms with Crippen molar-refractivity contribution in [2.24, 2.45) is 11.8 Å². The average molecular weight is 322 g/mol. The van der Waals surface area contributed by atoms with Crippen molar-refractivity contribution in [3.8, 4) is 5.75 Å². The van der Waals surface area contributed by atoms with Gasteiger partial charge in [0.2, 0.25) is 0 Å². The van der Waals surface area contributed by atoms with E-state index in [1.54, 1.807) is 7.11 Å². The number of aromatic nitrogens is 1. The molecule has 0 bridgehead atoms. The summed E-state index contributed by atoms with van der Waals surface area (Å²) in [6.45, 7) is 3.08. The van der Waals surface area contributed by atoms with Gasteiger partial charge < -0.3 is 10.1 Å². The van der Waals surface area contributed by atoms with Crippen LogP contribution >= 0.6 is 0 Å². The molecule has 2 aliphatic carbocycles. The van der Waals surface area contributed by atoms with Gasteiger partial charge in [-0.3, -0.25) is 4.98 Å². The van der Waals surface area contributed by atoms with Crippen molar-refractivity contribution in [3.63, 3.8) is 0 Å². The highest BCUT2D eigenvalue weighted by atomic mass is 16.5. The second-order valence-corrected chi connectivity index (χ2v) is 7.27. The van der Waals surface area contributed by atoms with Crippen LogP contribution in [-0.2, 0) is 6.54 Å².